The lowest BCUT2D eigenvalue weighted by molar-refractivity contribution is 0.669. The molecule has 1 heterocycles. The number of hydrogen-bond acceptors (Lipinski definition) is 2. The Balaban J connectivity index is 1.12. The molecule has 1 unspecified atom stereocenters. The van der Waals surface area contributed by atoms with Crippen LogP contribution in [0.15, 0.2) is 217 Å². The van der Waals surface area contributed by atoms with Crippen LogP contribution in [0.2, 0.25) is 0 Å². The van der Waals surface area contributed by atoms with Gasteiger partial charge in [-0.25, -0.2) is 0 Å². The summed E-state index contributed by atoms with van der Waals surface area (Å²) in [5.41, 5.74) is 14.4. The van der Waals surface area contributed by atoms with Gasteiger partial charge in [-0.3, -0.25) is 0 Å². The van der Waals surface area contributed by atoms with Crippen molar-refractivity contribution in [1.29, 1.82) is 0 Å². The van der Waals surface area contributed by atoms with Crippen LogP contribution in [-0.4, -0.2) is 0 Å². The summed E-state index contributed by atoms with van der Waals surface area (Å²) in [6, 6.07) is 77.1. The van der Waals surface area contributed by atoms with Crippen LogP contribution in [0.4, 0.5) is 17.1 Å². The molecule has 1 aromatic heterocycles. The summed E-state index contributed by atoms with van der Waals surface area (Å²) in [5, 5.41) is 4.82. The van der Waals surface area contributed by atoms with Gasteiger partial charge in [0, 0.05) is 33.9 Å². The van der Waals surface area contributed by atoms with E-state index < -0.39 is 5.41 Å². The Morgan fingerprint density at radius 2 is 0.927 bits per heavy atom. The van der Waals surface area contributed by atoms with Gasteiger partial charge in [0.2, 0.25) is 0 Å². The van der Waals surface area contributed by atoms with Gasteiger partial charge < -0.3 is 9.32 Å². The first-order chi connectivity index (χ1) is 27.3. The van der Waals surface area contributed by atoms with E-state index in [1.165, 1.54) is 55.3 Å². The van der Waals surface area contributed by atoms with Crippen LogP contribution in [0.3, 0.4) is 0 Å². The summed E-state index contributed by atoms with van der Waals surface area (Å²) in [4.78, 5) is 2.34. The molecule has 0 aliphatic heterocycles. The van der Waals surface area contributed by atoms with Gasteiger partial charge in [-0.15, -0.1) is 0 Å². The molecule has 1 aliphatic rings. The van der Waals surface area contributed by atoms with E-state index in [4.69, 9.17) is 4.42 Å². The maximum absolute atomic E-state index is 6.42. The normalized spacial score (nSPS) is 14.6. The number of rotatable bonds is 6. The predicted molar refractivity (Wildman–Crippen MR) is 229 cm³/mol. The van der Waals surface area contributed by atoms with Crippen molar-refractivity contribution in [3.63, 3.8) is 0 Å². The van der Waals surface area contributed by atoms with Crippen LogP contribution < -0.4 is 4.90 Å². The number of hydrogen-bond donors (Lipinski definition) is 0. The van der Waals surface area contributed by atoms with E-state index in [1.54, 1.807) is 0 Å². The average molecular weight is 702 g/mol. The monoisotopic (exact) mass is 701 g/mol. The fraction of sp³-hybridized carbons (Fsp3) is 0.0189. The second kappa shape index (κ2) is 12.5. The molecule has 0 bridgehead atoms. The average Bonchev–Trinajstić information content (AvgIpc) is 3.63. The fourth-order valence-electron chi connectivity index (χ4n) is 9.14. The Labute approximate surface area is 320 Å². The van der Waals surface area contributed by atoms with Crippen molar-refractivity contribution in [2.24, 2.45) is 0 Å². The zero-order valence-corrected chi connectivity index (χ0v) is 30.1. The Hall–Kier alpha value is -7.16. The van der Waals surface area contributed by atoms with Gasteiger partial charge in [0.25, 0.3) is 0 Å². The quantitative estimate of drug-likeness (QED) is 0.172. The Kier molecular flexibility index (Phi) is 7.11. The molecule has 9 aromatic carbocycles. The molecule has 2 heteroatoms. The van der Waals surface area contributed by atoms with E-state index in [1.807, 2.05) is 12.1 Å². The SMILES string of the molecule is c1ccc(-c2ccc(N(c3ccc(C4(c5ccccc5)c5ccccc5-c5cccc6cccc4c56)cc3)c3ccc4c(c3)oc3ccccc34)cc2)cc1. The second-order valence-electron chi connectivity index (χ2n) is 14.4. The highest BCUT2D eigenvalue weighted by atomic mass is 16.3. The van der Waals surface area contributed by atoms with E-state index in [2.05, 4.69) is 205 Å². The molecule has 55 heavy (non-hydrogen) atoms. The molecule has 0 amide bonds. The van der Waals surface area contributed by atoms with Gasteiger partial charge in [-0.2, -0.15) is 0 Å². The Bertz CT molecular complexity index is 3010. The fourth-order valence-corrected chi connectivity index (χ4v) is 9.14. The third kappa shape index (κ3) is 4.82. The summed E-state index contributed by atoms with van der Waals surface area (Å²) < 4.78 is 6.42. The molecule has 1 atom stereocenters. The van der Waals surface area contributed by atoms with Gasteiger partial charge in [0.05, 0.1) is 5.41 Å². The molecule has 0 saturated carbocycles. The number of anilines is 3. The smallest absolute Gasteiger partial charge is 0.137 e. The summed E-state index contributed by atoms with van der Waals surface area (Å²) >= 11 is 0. The second-order valence-corrected chi connectivity index (χ2v) is 14.4. The van der Waals surface area contributed by atoms with Crippen LogP contribution in [0.25, 0.3) is 55.0 Å². The van der Waals surface area contributed by atoms with E-state index in [-0.39, 0.29) is 0 Å². The van der Waals surface area contributed by atoms with Gasteiger partial charge in [-0.1, -0.05) is 164 Å². The summed E-state index contributed by atoms with van der Waals surface area (Å²) in [6.45, 7) is 0. The van der Waals surface area contributed by atoms with Crippen LogP contribution in [0.5, 0.6) is 0 Å². The molecule has 11 rings (SSSR count). The molecule has 258 valence electrons. The molecule has 1 aliphatic carbocycles. The maximum atomic E-state index is 6.42. The van der Waals surface area contributed by atoms with E-state index in [9.17, 15) is 0 Å². The molecule has 0 fully saturated rings. The standard InChI is InChI=1S/C53H35NO/c1-3-13-36(14-4-1)37-25-29-41(30-26-37)54(43-33-34-46-45-20-8-10-24-50(45)55-51(46)35-43)42-31-27-40(28-32-42)53(39-17-5-2-6-18-39)48-22-9-7-19-44(48)47-21-11-15-38-16-12-23-49(53)52(38)47/h1-35H. The minimum absolute atomic E-state index is 0.528. The highest BCUT2D eigenvalue weighted by Gasteiger charge is 2.44. The largest absolute Gasteiger partial charge is 0.456 e. The number of furan rings is 1. The molecule has 2 nitrogen and oxygen atoms in total. The lowest BCUT2D eigenvalue weighted by Crippen LogP contribution is -2.33. The van der Waals surface area contributed by atoms with Gasteiger partial charge in [0.15, 0.2) is 0 Å². The molecular formula is C53H35NO. The minimum atomic E-state index is -0.528. The molecule has 10 aromatic rings. The predicted octanol–water partition coefficient (Wildman–Crippen LogP) is 14.2. The van der Waals surface area contributed by atoms with E-state index in [0.29, 0.717) is 0 Å². The third-order valence-corrected chi connectivity index (χ3v) is 11.5. The Morgan fingerprint density at radius 1 is 0.364 bits per heavy atom. The highest BCUT2D eigenvalue weighted by molar-refractivity contribution is 6.07. The van der Waals surface area contributed by atoms with E-state index >= 15 is 0 Å². The lowest BCUT2D eigenvalue weighted by atomic mass is 9.59. The molecule has 0 N–H and O–H groups in total. The number of benzene rings is 9. The van der Waals surface area contributed by atoms with Crippen LogP contribution in [-0.2, 0) is 5.41 Å². The summed E-state index contributed by atoms with van der Waals surface area (Å²) in [5.74, 6) is 0. The van der Waals surface area contributed by atoms with Gasteiger partial charge >= 0.3 is 0 Å². The van der Waals surface area contributed by atoms with Crippen molar-refractivity contribution >= 4 is 49.8 Å². The molecule has 0 saturated heterocycles. The van der Waals surface area contributed by atoms with Crippen molar-refractivity contribution in [1.82, 2.24) is 0 Å². The van der Waals surface area contributed by atoms with Crippen molar-refractivity contribution in [2.75, 3.05) is 4.90 Å². The molecular weight excluding hydrogens is 667 g/mol. The first-order valence-corrected chi connectivity index (χ1v) is 18.9. The Morgan fingerprint density at radius 3 is 1.73 bits per heavy atom. The number of fused-ring (bicyclic) bond motifs is 5. The van der Waals surface area contributed by atoms with Crippen LogP contribution >= 0.6 is 0 Å². The summed E-state index contributed by atoms with van der Waals surface area (Å²) in [6.07, 6.45) is 0. The van der Waals surface area contributed by atoms with Crippen LogP contribution in [0.1, 0.15) is 22.3 Å². The third-order valence-electron chi connectivity index (χ3n) is 11.5. The van der Waals surface area contributed by atoms with Gasteiger partial charge in [0.1, 0.15) is 11.2 Å². The topological polar surface area (TPSA) is 16.4 Å². The lowest BCUT2D eigenvalue weighted by Gasteiger charge is -2.42. The zero-order valence-electron chi connectivity index (χ0n) is 30.1. The van der Waals surface area contributed by atoms with Crippen molar-refractivity contribution in [2.45, 2.75) is 5.41 Å². The zero-order chi connectivity index (χ0) is 36.3. The summed E-state index contributed by atoms with van der Waals surface area (Å²) in [7, 11) is 0. The van der Waals surface area contributed by atoms with Crippen molar-refractivity contribution < 1.29 is 4.42 Å². The number of para-hydroxylation sites is 1. The maximum Gasteiger partial charge on any atom is 0.137 e. The number of nitrogens with zero attached hydrogens (tertiary/aromatic N) is 1. The first-order valence-electron chi connectivity index (χ1n) is 18.9. The van der Waals surface area contributed by atoms with E-state index in [0.717, 1.165) is 39.0 Å². The minimum Gasteiger partial charge on any atom is -0.456 e. The van der Waals surface area contributed by atoms with Gasteiger partial charge in [-0.05, 0) is 97.7 Å². The van der Waals surface area contributed by atoms with Crippen molar-refractivity contribution in [3.8, 4) is 22.3 Å². The molecule has 0 radical (unpaired) electrons. The molecule has 0 spiro atoms. The van der Waals surface area contributed by atoms with Crippen LogP contribution in [0, 0.1) is 0 Å². The van der Waals surface area contributed by atoms with Crippen molar-refractivity contribution in [3.05, 3.63) is 235 Å². The first kappa shape index (κ1) is 31.4. The highest BCUT2D eigenvalue weighted by Crippen LogP contribution is 2.55.